The first-order valence-corrected chi connectivity index (χ1v) is 12.1. The van der Waals surface area contributed by atoms with E-state index in [2.05, 4.69) is 104 Å². The maximum atomic E-state index is 4.39. The minimum atomic E-state index is -1.84. The summed E-state index contributed by atoms with van der Waals surface area (Å²) in [5.41, 5.74) is 2.73. The van der Waals surface area contributed by atoms with Crippen LogP contribution in [0.4, 0.5) is 0 Å². The summed E-state index contributed by atoms with van der Waals surface area (Å²) in [7, 11) is -1.84. The first-order chi connectivity index (χ1) is 12.3. The molecule has 0 bridgehead atoms. The Morgan fingerprint density at radius 3 is 1.60 bits per heavy atom. The SMILES string of the molecule is CCC[PH](Cc1ccc(CS)cc1)(c1ccccc1)c1ccccc1. The fourth-order valence-electron chi connectivity index (χ4n) is 3.80. The molecule has 0 nitrogen and oxygen atoms in total. The molecule has 0 saturated carbocycles. The van der Waals surface area contributed by atoms with Crippen LogP contribution in [0.25, 0.3) is 0 Å². The molecule has 0 atom stereocenters. The summed E-state index contributed by atoms with van der Waals surface area (Å²) in [5.74, 6) is 0.801. The number of rotatable bonds is 7. The van der Waals surface area contributed by atoms with Crippen LogP contribution >= 0.6 is 19.9 Å². The van der Waals surface area contributed by atoms with Crippen molar-refractivity contribution in [2.45, 2.75) is 25.3 Å². The maximum absolute atomic E-state index is 4.39. The van der Waals surface area contributed by atoms with Crippen LogP contribution in [0.3, 0.4) is 0 Å². The third kappa shape index (κ3) is 4.17. The summed E-state index contributed by atoms with van der Waals surface area (Å²) in [6, 6.07) is 31.5. The van der Waals surface area contributed by atoms with E-state index in [4.69, 9.17) is 0 Å². The number of hydrogen-bond donors (Lipinski definition) is 1. The van der Waals surface area contributed by atoms with Crippen LogP contribution in [0.5, 0.6) is 0 Å². The summed E-state index contributed by atoms with van der Waals surface area (Å²) in [5, 5.41) is 3.09. The van der Waals surface area contributed by atoms with Gasteiger partial charge in [0.15, 0.2) is 0 Å². The molecule has 3 aromatic carbocycles. The quantitative estimate of drug-likeness (QED) is 0.418. The van der Waals surface area contributed by atoms with Crippen molar-refractivity contribution in [2.24, 2.45) is 0 Å². The first kappa shape index (κ1) is 18.2. The molecule has 0 heterocycles. The molecule has 0 fully saturated rings. The number of hydrogen-bond acceptors (Lipinski definition) is 1. The molecule has 0 N–H and O–H groups in total. The van der Waals surface area contributed by atoms with Crippen molar-refractivity contribution in [2.75, 3.05) is 6.16 Å². The van der Waals surface area contributed by atoms with Crippen molar-refractivity contribution in [1.29, 1.82) is 0 Å². The molecule has 0 unspecified atom stereocenters. The molecule has 0 radical (unpaired) electrons. The van der Waals surface area contributed by atoms with Crippen LogP contribution in [-0.2, 0) is 11.9 Å². The van der Waals surface area contributed by atoms with Gasteiger partial charge in [0.2, 0.25) is 0 Å². The van der Waals surface area contributed by atoms with Crippen molar-refractivity contribution in [3.63, 3.8) is 0 Å². The molecule has 0 saturated heterocycles. The normalized spacial score (nSPS) is 12.1. The fourth-order valence-corrected chi connectivity index (χ4v) is 8.95. The molecule has 0 aliphatic rings. The third-order valence-corrected chi connectivity index (χ3v) is 10.6. The summed E-state index contributed by atoms with van der Waals surface area (Å²) in [6.07, 6.45) is 3.64. The molecule has 130 valence electrons. The van der Waals surface area contributed by atoms with Gasteiger partial charge in [0.05, 0.1) is 0 Å². The molecule has 2 heteroatoms. The van der Waals surface area contributed by atoms with Crippen LogP contribution < -0.4 is 10.6 Å². The predicted octanol–water partition coefficient (Wildman–Crippen LogP) is 5.43. The van der Waals surface area contributed by atoms with Gasteiger partial charge < -0.3 is 0 Å². The first-order valence-electron chi connectivity index (χ1n) is 9.08. The topological polar surface area (TPSA) is 0 Å². The zero-order valence-electron chi connectivity index (χ0n) is 14.9. The Hall–Kier alpha value is -1.56. The third-order valence-electron chi connectivity index (χ3n) is 5.04. The van der Waals surface area contributed by atoms with Gasteiger partial charge in [-0.3, -0.25) is 0 Å². The zero-order chi connectivity index (χ0) is 17.5. The van der Waals surface area contributed by atoms with Crippen molar-refractivity contribution in [3.8, 4) is 0 Å². The van der Waals surface area contributed by atoms with Gasteiger partial charge in [0.1, 0.15) is 0 Å². The Balaban J connectivity index is 2.09. The van der Waals surface area contributed by atoms with Crippen molar-refractivity contribution in [1.82, 2.24) is 0 Å². The van der Waals surface area contributed by atoms with E-state index in [1.54, 1.807) is 10.6 Å². The standard InChI is InChI=1S/C23H27PS/c1-2-17-24(22-9-5-3-6-10-22,23-11-7-4-8-12-23)18-20-13-15-21(19-25)16-14-20/h3-16,24-25H,2,17-19H2,1H3. The van der Waals surface area contributed by atoms with Crippen LogP contribution in [0.1, 0.15) is 24.5 Å². The monoisotopic (exact) mass is 366 g/mol. The van der Waals surface area contributed by atoms with E-state index < -0.39 is 7.26 Å². The van der Waals surface area contributed by atoms with E-state index in [1.165, 1.54) is 23.7 Å². The van der Waals surface area contributed by atoms with Crippen LogP contribution in [0.15, 0.2) is 84.9 Å². The van der Waals surface area contributed by atoms with Gasteiger partial charge in [-0.1, -0.05) is 0 Å². The molecule has 3 rings (SSSR count). The molecule has 0 spiro atoms. The van der Waals surface area contributed by atoms with E-state index in [9.17, 15) is 0 Å². The van der Waals surface area contributed by atoms with E-state index in [0.29, 0.717) is 0 Å². The van der Waals surface area contributed by atoms with Gasteiger partial charge in [0.25, 0.3) is 0 Å². The zero-order valence-corrected chi connectivity index (χ0v) is 16.8. The predicted molar refractivity (Wildman–Crippen MR) is 118 cm³/mol. The molecular formula is C23H27PS. The Labute approximate surface area is 158 Å². The summed E-state index contributed by atoms with van der Waals surface area (Å²) < 4.78 is 0. The molecule has 3 aromatic rings. The van der Waals surface area contributed by atoms with Crippen molar-refractivity contribution < 1.29 is 0 Å². The Kier molecular flexibility index (Phi) is 6.34. The van der Waals surface area contributed by atoms with Crippen LogP contribution in [0, 0.1) is 0 Å². The Morgan fingerprint density at radius 1 is 0.680 bits per heavy atom. The fraction of sp³-hybridized carbons (Fsp3) is 0.217. The van der Waals surface area contributed by atoms with Gasteiger partial charge >= 0.3 is 158 Å². The summed E-state index contributed by atoms with van der Waals surface area (Å²) in [4.78, 5) is 0. The second-order valence-electron chi connectivity index (χ2n) is 6.72. The van der Waals surface area contributed by atoms with Gasteiger partial charge in [0, 0.05) is 0 Å². The number of benzene rings is 3. The molecule has 25 heavy (non-hydrogen) atoms. The molecule has 0 aliphatic carbocycles. The van der Waals surface area contributed by atoms with Crippen LogP contribution in [0.2, 0.25) is 0 Å². The molecule has 0 amide bonds. The van der Waals surface area contributed by atoms with E-state index in [0.717, 1.165) is 11.9 Å². The second kappa shape index (κ2) is 8.70. The molecule has 0 aromatic heterocycles. The van der Waals surface area contributed by atoms with Crippen molar-refractivity contribution >= 4 is 30.5 Å². The van der Waals surface area contributed by atoms with E-state index >= 15 is 0 Å². The summed E-state index contributed by atoms with van der Waals surface area (Å²) in [6.45, 7) is 2.32. The van der Waals surface area contributed by atoms with Crippen LogP contribution in [-0.4, -0.2) is 6.16 Å². The van der Waals surface area contributed by atoms with Crippen molar-refractivity contribution in [3.05, 3.63) is 96.1 Å². The minimum absolute atomic E-state index is 0.801. The van der Waals surface area contributed by atoms with Gasteiger partial charge in [-0.2, -0.15) is 0 Å². The average Bonchev–Trinajstić information content (AvgIpc) is 2.69. The Morgan fingerprint density at radius 2 is 1.16 bits per heavy atom. The Bertz CT molecular complexity index is 727. The van der Waals surface area contributed by atoms with Gasteiger partial charge in [-0.15, -0.1) is 0 Å². The van der Waals surface area contributed by atoms with Gasteiger partial charge in [-0.05, 0) is 0 Å². The molecular weight excluding hydrogens is 339 g/mol. The second-order valence-corrected chi connectivity index (χ2v) is 11.2. The number of thiol groups is 1. The van der Waals surface area contributed by atoms with E-state index in [1.807, 2.05) is 0 Å². The van der Waals surface area contributed by atoms with Gasteiger partial charge in [-0.25, -0.2) is 0 Å². The molecule has 0 aliphatic heterocycles. The average molecular weight is 367 g/mol. The summed E-state index contributed by atoms with van der Waals surface area (Å²) >= 11 is 4.39. The van der Waals surface area contributed by atoms with E-state index in [-0.39, 0.29) is 0 Å².